The van der Waals surface area contributed by atoms with E-state index in [1.165, 1.54) is 36.9 Å². The number of hydrogen-bond acceptors (Lipinski definition) is 3. The minimum absolute atomic E-state index is 0.712. The van der Waals surface area contributed by atoms with Gasteiger partial charge in [-0.3, -0.25) is 9.88 Å². The number of likely N-dealkylation sites (N-methyl/N-ethyl adjacent to an activating group) is 1. The maximum Gasteiger partial charge on any atom is 0.0708 e. The third-order valence-corrected chi connectivity index (χ3v) is 4.53. The van der Waals surface area contributed by atoms with Crippen LogP contribution in [0.2, 0.25) is 0 Å². The monoisotopic (exact) mass is 283 g/mol. The molecule has 3 rings (SSSR count). The zero-order valence-electron chi connectivity index (χ0n) is 13.1. The lowest BCUT2D eigenvalue weighted by Crippen LogP contribution is -2.37. The molecule has 1 fully saturated rings. The van der Waals surface area contributed by atoms with Gasteiger partial charge in [0.25, 0.3) is 0 Å². The van der Waals surface area contributed by atoms with Crippen LogP contribution < -0.4 is 5.32 Å². The average Bonchev–Trinajstić information content (AvgIpc) is 2.94. The first-order chi connectivity index (χ1) is 10.3. The topological polar surface area (TPSA) is 28.2 Å². The molecule has 0 aliphatic carbocycles. The van der Waals surface area contributed by atoms with Crippen LogP contribution in [0.25, 0.3) is 10.9 Å². The Balaban J connectivity index is 1.68. The summed E-state index contributed by atoms with van der Waals surface area (Å²) in [5.41, 5.74) is 3.56. The summed E-state index contributed by atoms with van der Waals surface area (Å²) in [7, 11) is 0. The molecule has 1 saturated heterocycles. The Morgan fingerprint density at radius 1 is 1.33 bits per heavy atom. The first-order valence-electron chi connectivity index (χ1n) is 8.08. The Labute approximate surface area is 127 Å². The third-order valence-electron chi connectivity index (χ3n) is 4.53. The van der Waals surface area contributed by atoms with Crippen LogP contribution in [-0.2, 0) is 6.54 Å². The van der Waals surface area contributed by atoms with E-state index < -0.39 is 0 Å². The molecular formula is C18H25N3. The van der Waals surface area contributed by atoms with E-state index in [4.69, 9.17) is 0 Å². The van der Waals surface area contributed by atoms with Crippen molar-refractivity contribution in [3.05, 3.63) is 41.6 Å². The van der Waals surface area contributed by atoms with Crippen LogP contribution in [0.5, 0.6) is 0 Å². The predicted octanol–water partition coefficient (Wildman–Crippen LogP) is 3.12. The van der Waals surface area contributed by atoms with E-state index in [1.807, 2.05) is 0 Å². The molecule has 1 unspecified atom stereocenters. The molecular weight excluding hydrogens is 258 g/mol. The number of fused-ring (bicyclic) bond motifs is 1. The second kappa shape index (κ2) is 6.54. The molecule has 0 spiro atoms. The summed E-state index contributed by atoms with van der Waals surface area (Å²) >= 11 is 0. The molecule has 0 saturated carbocycles. The van der Waals surface area contributed by atoms with Gasteiger partial charge in [0, 0.05) is 30.2 Å². The van der Waals surface area contributed by atoms with Crippen molar-refractivity contribution >= 4 is 10.9 Å². The summed E-state index contributed by atoms with van der Waals surface area (Å²) in [5, 5.41) is 4.93. The highest BCUT2D eigenvalue weighted by molar-refractivity contribution is 5.82. The zero-order valence-corrected chi connectivity index (χ0v) is 13.1. The smallest absolute Gasteiger partial charge is 0.0708 e. The summed E-state index contributed by atoms with van der Waals surface area (Å²) in [6, 6.07) is 11.3. The molecule has 1 aromatic carbocycles. The van der Waals surface area contributed by atoms with Gasteiger partial charge in [0.2, 0.25) is 0 Å². The number of likely N-dealkylation sites (tertiary alicyclic amines) is 1. The van der Waals surface area contributed by atoms with Crippen LogP contribution in [0.1, 0.15) is 31.0 Å². The van der Waals surface area contributed by atoms with Crippen molar-refractivity contribution in [1.82, 2.24) is 15.2 Å². The largest absolute Gasteiger partial charge is 0.311 e. The lowest BCUT2D eigenvalue weighted by atomic mass is 10.1. The quantitative estimate of drug-likeness (QED) is 0.914. The van der Waals surface area contributed by atoms with Crippen molar-refractivity contribution in [3.8, 4) is 0 Å². The molecule has 2 aromatic rings. The van der Waals surface area contributed by atoms with Gasteiger partial charge in [-0.05, 0) is 50.6 Å². The lowest BCUT2D eigenvalue weighted by molar-refractivity contribution is 0.260. The summed E-state index contributed by atoms with van der Waals surface area (Å²) in [6.45, 7) is 8.79. The second-order valence-corrected chi connectivity index (χ2v) is 6.00. The van der Waals surface area contributed by atoms with E-state index >= 15 is 0 Å². The van der Waals surface area contributed by atoms with Crippen LogP contribution in [0.15, 0.2) is 30.3 Å². The number of rotatable bonds is 5. The van der Waals surface area contributed by atoms with Crippen molar-refractivity contribution in [1.29, 1.82) is 0 Å². The standard InChI is InChI=1S/C18H25N3/c1-3-21-10-6-7-16(21)13-19-12-15-11-14(2)20-18-9-5-4-8-17(15)18/h4-5,8-9,11,16,19H,3,6-7,10,12-13H2,1-2H3. The molecule has 3 nitrogen and oxygen atoms in total. The first-order valence-corrected chi connectivity index (χ1v) is 8.08. The summed E-state index contributed by atoms with van der Waals surface area (Å²) in [6.07, 6.45) is 2.68. The molecule has 112 valence electrons. The van der Waals surface area contributed by atoms with E-state index in [1.54, 1.807) is 0 Å². The van der Waals surface area contributed by atoms with Crippen molar-refractivity contribution in [2.45, 2.75) is 39.3 Å². The van der Waals surface area contributed by atoms with Crippen LogP contribution in [0.3, 0.4) is 0 Å². The fraction of sp³-hybridized carbons (Fsp3) is 0.500. The second-order valence-electron chi connectivity index (χ2n) is 6.00. The van der Waals surface area contributed by atoms with Gasteiger partial charge in [0.1, 0.15) is 0 Å². The summed E-state index contributed by atoms with van der Waals surface area (Å²) < 4.78 is 0. The van der Waals surface area contributed by atoms with Gasteiger partial charge in [0.05, 0.1) is 5.52 Å². The molecule has 2 heterocycles. The number of aryl methyl sites for hydroxylation is 1. The van der Waals surface area contributed by atoms with Crippen molar-refractivity contribution in [2.24, 2.45) is 0 Å². The average molecular weight is 283 g/mol. The van der Waals surface area contributed by atoms with Gasteiger partial charge in [-0.15, -0.1) is 0 Å². The fourth-order valence-electron chi connectivity index (χ4n) is 3.46. The van der Waals surface area contributed by atoms with Gasteiger partial charge < -0.3 is 5.32 Å². The minimum atomic E-state index is 0.712. The maximum atomic E-state index is 4.61. The first kappa shape index (κ1) is 14.5. The number of nitrogens with one attached hydrogen (secondary N) is 1. The summed E-state index contributed by atoms with van der Waals surface area (Å²) in [4.78, 5) is 7.20. The molecule has 0 bridgehead atoms. The maximum absolute atomic E-state index is 4.61. The number of aromatic nitrogens is 1. The highest BCUT2D eigenvalue weighted by Gasteiger charge is 2.22. The lowest BCUT2D eigenvalue weighted by Gasteiger charge is -2.23. The fourth-order valence-corrected chi connectivity index (χ4v) is 3.46. The molecule has 1 aliphatic heterocycles. The van der Waals surface area contributed by atoms with Crippen molar-refractivity contribution in [3.63, 3.8) is 0 Å². The molecule has 21 heavy (non-hydrogen) atoms. The normalized spacial score (nSPS) is 19.4. The van der Waals surface area contributed by atoms with E-state index in [2.05, 4.69) is 59.4 Å². The van der Waals surface area contributed by atoms with Crippen molar-refractivity contribution in [2.75, 3.05) is 19.6 Å². The molecule has 1 N–H and O–H groups in total. The van der Waals surface area contributed by atoms with E-state index in [-0.39, 0.29) is 0 Å². The van der Waals surface area contributed by atoms with Gasteiger partial charge in [-0.2, -0.15) is 0 Å². The molecule has 1 aliphatic rings. The Kier molecular flexibility index (Phi) is 4.51. The van der Waals surface area contributed by atoms with Gasteiger partial charge in [-0.25, -0.2) is 0 Å². The molecule has 0 radical (unpaired) electrons. The number of para-hydroxylation sites is 1. The Bertz CT molecular complexity index is 608. The zero-order chi connectivity index (χ0) is 14.7. The Hall–Kier alpha value is -1.45. The van der Waals surface area contributed by atoms with Crippen LogP contribution in [-0.4, -0.2) is 35.6 Å². The van der Waals surface area contributed by atoms with Crippen LogP contribution in [0.4, 0.5) is 0 Å². The van der Waals surface area contributed by atoms with E-state index in [0.29, 0.717) is 6.04 Å². The highest BCUT2D eigenvalue weighted by atomic mass is 15.2. The predicted molar refractivity (Wildman–Crippen MR) is 88.5 cm³/mol. The summed E-state index contributed by atoms with van der Waals surface area (Å²) in [5.74, 6) is 0. The van der Waals surface area contributed by atoms with Gasteiger partial charge in [0.15, 0.2) is 0 Å². The number of pyridine rings is 1. The molecule has 3 heteroatoms. The van der Waals surface area contributed by atoms with Gasteiger partial charge >= 0.3 is 0 Å². The van der Waals surface area contributed by atoms with Gasteiger partial charge in [-0.1, -0.05) is 25.1 Å². The van der Waals surface area contributed by atoms with E-state index in [9.17, 15) is 0 Å². The van der Waals surface area contributed by atoms with Crippen LogP contribution in [0, 0.1) is 6.92 Å². The minimum Gasteiger partial charge on any atom is -0.311 e. The SMILES string of the molecule is CCN1CCCC1CNCc1cc(C)nc2ccccc12. The number of hydrogen-bond donors (Lipinski definition) is 1. The number of benzene rings is 1. The van der Waals surface area contributed by atoms with Crippen molar-refractivity contribution < 1.29 is 0 Å². The third kappa shape index (κ3) is 3.25. The molecule has 1 aromatic heterocycles. The molecule has 1 atom stereocenters. The molecule has 0 amide bonds. The highest BCUT2D eigenvalue weighted by Crippen LogP contribution is 2.19. The van der Waals surface area contributed by atoms with E-state index in [0.717, 1.165) is 24.3 Å². The Morgan fingerprint density at radius 3 is 3.05 bits per heavy atom. The number of nitrogens with zero attached hydrogens (tertiary/aromatic N) is 2. The van der Waals surface area contributed by atoms with Crippen LogP contribution >= 0.6 is 0 Å². The Morgan fingerprint density at radius 2 is 2.19 bits per heavy atom.